The number of carbonyl (C=O) groups is 2. The number of nitrogens with one attached hydrogen (secondary N) is 1. The fourth-order valence-corrected chi connectivity index (χ4v) is 3.93. The van der Waals surface area contributed by atoms with Gasteiger partial charge in [-0.25, -0.2) is 4.79 Å². The molecule has 1 heterocycles. The number of carbonyl (C=O) groups excluding carboxylic acids is 2. The van der Waals surface area contributed by atoms with Crippen LogP contribution in [0.4, 0.5) is 11.4 Å². The molecule has 0 spiro atoms. The van der Waals surface area contributed by atoms with Gasteiger partial charge in [-0.05, 0) is 31.0 Å². The molecule has 2 aromatic carbocycles. The highest BCUT2D eigenvalue weighted by Gasteiger charge is 2.19. The Bertz CT molecular complexity index is 898. The van der Waals surface area contributed by atoms with Gasteiger partial charge in [-0.15, -0.1) is 11.8 Å². The van der Waals surface area contributed by atoms with Crippen LogP contribution in [0.3, 0.4) is 0 Å². The maximum Gasteiger partial charge on any atom is 0.339 e. The molecule has 1 N–H and O–H groups in total. The van der Waals surface area contributed by atoms with E-state index in [9.17, 15) is 19.7 Å². The van der Waals surface area contributed by atoms with Crippen LogP contribution in [0.5, 0.6) is 0 Å². The Morgan fingerprint density at radius 1 is 1.24 bits per heavy atom. The van der Waals surface area contributed by atoms with Crippen LogP contribution in [0.25, 0.3) is 0 Å². The zero-order chi connectivity index (χ0) is 20.6. The molecule has 8 nitrogen and oxygen atoms in total. The van der Waals surface area contributed by atoms with E-state index in [0.717, 1.165) is 30.1 Å². The third kappa shape index (κ3) is 6.03. The average molecular weight is 416 g/mol. The molecule has 9 heteroatoms. The van der Waals surface area contributed by atoms with E-state index in [0.29, 0.717) is 5.56 Å². The van der Waals surface area contributed by atoms with Gasteiger partial charge in [0.2, 0.25) is 0 Å². The van der Waals surface area contributed by atoms with Crippen molar-refractivity contribution in [3.05, 3.63) is 64.2 Å². The van der Waals surface area contributed by atoms with Crippen LogP contribution in [0, 0.1) is 10.1 Å². The summed E-state index contributed by atoms with van der Waals surface area (Å²) in [7, 11) is 0. The van der Waals surface area contributed by atoms with Crippen LogP contribution < -0.4 is 5.32 Å². The van der Waals surface area contributed by atoms with Crippen molar-refractivity contribution < 1.29 is 24.0 Å². The third-order valence-electron chi connectivity index (χ3n) is 4.23. The number of hydrogen-bond acceptors (Lipinski definition) is 7. The molecule has 1 amide bonds. The quantitative estimate of drug-likeness (QED) is 0.303. The first-order chi connectivity index (χ1) is 14.0. The highest BCUT2D eigenvalue weighted by Crippen LogP contribution is 2.27. The van der Waals surface area contributed by atoms with Gasteiger partial charge in [0.25, 0.3) is 11.6 Å². The Hall–Kier alpha value is -2.91. The highest BCUT2D eigenvalue weighted by molar-refractivity contribution is 7.99. The van der Waals surface area contributed by atoms with Gasteiger partial charge in [-0.2, -0.15) is 0 Å². The molecule has 0 radical (unpaired) electrons. The molecule has 3 rings (SSSR count). The Morgan fingerprint density at radius 2 is 2.07 bits per heavy atom. The lowest BCUT2D eigenvalue weighted by Crippen LogP contribution is -2.21. The van der Waals surface area contributed by atoms with Gasteiger partial charge in [0.1, 0.15) is 0 Å². The highest BCUT2D eigenvalue weighted by atomic mass is 32.2. The Labute approximate surface area is 171 Å². The minimum absolute atomic E-state index is 0.142. The predicted molar refractivity (Wildman–Crippen MR) is 108 cm³/mol. The van der Waals surface area contributed by atoms with Crippen LogP contribution in [-0.2, 0) is 14.3 Å². The molecule has 29 heavy (non-hydrogen) atoms. The number of amides is 1. The molecule has 0 aromatic heterocycles. The van der Waals surface area contributed by atoms with Crippen molar-refractivity contribution in [2.75, 3.05) is 24.3 Å². The monoisotopic (exact) mass is 416 g/mol. The summed E-state index contributed by atoms with van der Waals surface area (Å²) in [5.41, 5.74) is 0.503. The van der Waals surface area contributed by atoms with E-state index < -0.39 is 23.4 Å². The fraction of sp³-hybridized carbons (Fsp3) is 0.300. The summed E-state index contributed by atoms with van der Waals surface area (Å²) in [6.07, 6.45) is 2.25. The van der Waals surface area contributed by atoms with E-state index in [-0.39, 0.29) is 17.5 Å². The van der Waals surface area contributed by atoms with Crippen molar-refractivity contribution in [1.29, 1.82) is 0 Å². The molecule has 1 aliphatic rings. The first-order valence-electron chi connectivity index (χ1n) is 9.08. The van der Waals surface area contributed by atoms with Crippen LogP contribution >= 0.6 is 11.8 Å². The lowest BCUT2D eigenvalue weighted by atomic mass is 10.2. The Kier molecular flexibility index (Phi) is 7.20. The van der Waals surface area contributed by atoms with Gasteiger partial charge in [-0.1, -0.05) is 18.2 Å². The fourth-order valence-electron chi connectivity index (χ4n) is 2.82. The molecule has 0 saturated carbocycles. The van der Waals surface area contributed by atoms with E-state index >= 15 is 0 Å². The minimum atomic E-state index is -0.602. The number of non-ortho nitro benzene ring substituents is 1. The molecule has 0 aliphatic carbocycles. The molecule has 152 valence electrons. The van der Waals surface area contributed by atoms with E-state index in [1.54, 1.807) is 12.1 Å². The van der Waals surface area contributed by atoms with Gasteiger partial charge in [0.05, 0.1) is 16.6 Å². The topological polar surface area (TPSA) is 108 Å². The largest absolute Gasteiger partial charge is 0.452 e. The molecular formula is C20H20N2O6S. The van der Waals surface area contributed by atoms with Gasteiger partial charge >= 0.3 is 5.97 Å². The number of anilines is 1. The number of nitro benzene ring substituents is 1. The molecule has 0 bridgehead atoms. The summed E-state index contributed by atoms with van der Waals surface area (Å²) >= 11 is 1.52. The number of nitrogens with zero attached hydrogens (tertiary/aromatic N) is 1. The number of ether oxygens (including phenoxy) is 2. The maximum atomic E-state index is 12.4. The Morgan fingerprint density at radius 3 is 2.83 bits per heavy atom. The molecular weight excluding hydrogens is 396 g/mol. The molecule has 0 unspecified atom stereocenters. The lowest BCUT2D eigenvalue weighted by Gasteiger charge is -2.12. The van der Waals surface area contributed by atoms with Gasteiger partial charge < -0.3 is 14.8 Å². The van der Waals surface area contributed by atoms with Crippen molar-refractivity contribution in [3.63, 3.8) is 0 Å². The van der Waals surface area contributed by atoms with Gasteiger partial charge in [0.15, 0.2) is 6.61 Å². The second kappa shape index (κ2) is 10.0. The normalized spacial score (nSPS) is 15.7. The number of rotatable bonds is 8. The second-order valence-electron chi connectivity index (χ2n) is 6.37. The van der Waals surface area contributed by atoms with Crippen molar-refractivity contribution >= 4 is 35.0 Å². The smallest absolute Gasteiger partial charge is 0.339 e. The van der Waals surface area contributed by atoms with Crippen LogP contribution in [0.1, 0.15) is 23.2 Å². The van der Waals surface area contributed by atoms with E-state index in [1.165, 1.54) is 36.0 Å². The summed E-state index contributed by atoms with van der Waals surface area (Å²) in [6.45, 7) is 0.279. The van der Waals surface area contributed by atoms with E-state index in [2.05, 4.69) is 5.32 Å². The zero-order valence-electron chi connectivity index (χ0n) is 15.5. The minimum Gasteiger partial charge on any atom is -0.452 e. The standard InChI is InChI=1S/C20H20N2O6S/c23-19(21-14-5-3-6-15(11-14)22(25)26)12-28-20(24)17-8-1-2-9-18(17)29-13-16-7-4-10-27-16/h1-3,5-6,8-9,11,16H,4,7,10,12-13H2,(H,21,23)/t16-/m1/s1. The van der Waals surface area contributed by atoms with Crippen LogP contribution in [-0.4, -0.2) is 41.9 Å². The molecule has 1 fully saturated rings. The van der Waals surface area contributed by atoms with Gasteiger partial charge in [-0.3, -0.25) is 14.9 Å². The molecule has 1 aliphatic heterocycles. The third-order valence-corrected chi connectivity index (χ3v) is 5.44. The first kappa shape index (κ1) is 20.8. The van der Waals surface area contributed by atoms with Crippen LogP contribution in [0.15, 0.2) is 53.4 Å². The van der Waals surface area contributed by atoms with E-state index in [1.807, 2.05) is 12.1 Å². The van der Waals surface area contributed by atoms with Crippen molar-refractivity contribution in [2.45, 2.75) is 23.8 Å². The number of nitro groups is 1. The van der Waals surface area contributed by atoms with Crippen molar-refractivity contribution in [2.24, 2.45) is 0 Å². The number of esters is 1. The lowest BCUT2D eigenvalue weighted by molar-refractivity contribution is -0.384. The number of thioether (sulfide) groups is 1. The Balaban J connectivity index is 1.54. The van der Waals surface area contributed by atoms with Crippen molar-refractivity contribution in [1.82, 2.24) is 0 Å². The number of benzene rings is 2. The van der Waals surface area contributed by atoms with E-state index in [4.69, 9.17) is 9.47 Å². The van der Waals surface area contributed by atoms with Crippen LogP contribution in [0.2, 0.25) is 0 Å². The summed E-state index contributed by atoms with van der Waals surface area (Å²) in [5, 5.41) is 13.3. The molecule has 2 aromatic rings. The number of hydrogen-bond donors (Lipinski definition) is 1. The van der Waals surface area contributed by atoms with Crippen molar-refractivity contribution in [3.8, 4) is 0 Å². The maximum absolute atomic E-state index is 12.4. The summed E-state index contributed by atoms with van der Waals surface area (Å²) in [5.74, 6) is -0.435. The zero-order valence-corrected chi connectivity index (χ0v) is 16.4. The molecule has 1 atom stereocenters. The second-order valence-corrected chi connectivity index (χ2v) is 7.44. The average Bonchev–Trinajstić information content (AvgIpc) is 3.24. The summed E-state index contributed by atoms with van der Waals surface area (Å²) < 4.78 is 10.7. The molecule has 1 saturated heterocycles. The SMILES string of the molecule is O=C(COC(=O)c1ccccc1SC[C@H]1CCCO1)Nc1cccc([N+](=O)[O-])c1. The summed E-state index contributed by atoms with van der Waals surface area (Å²) in [4.78, 5) is 35.5. The van der Waals surface area contributed by atoms with Gasteiger partial charge in [0, 0.05) is 35.1 Å². The first-order valence-corrected chi connectivity index (χ1v) is 10.1. The predicted octanol–water partition coefficient (Wildman–Crippen LogP) is 3.66. The summed E-state index contributed by atoms with van der Waals surface area (Å²) in [6, 6.07) is 12.6.